The first-order valence-electron chi connectivity index (χ1n) is 6.98. The molecule has 4 heteroatoms. The van der Waals surface area contributed by atoms with Crippen molar-refractivity contribution >= 4 is 23.4 Å². The summed E-state index contributed by atoms with van der Waals surface area (Å²) in [6, 6.07) is 13.0. The van der Waals surface area contributed by atoms with Crippen LogP contribution in [0.4, 0.5) is 4.39 Å². The molecule has 0 amide bonds. The summed E-state index contributed by atoms with van der Waals surface area (Å²) in [5, 5.41) is 4.24. The fraction of sp³-hybridized carbons (Fsp3) is 0.294. The molecule has 21 heavy (non-hydrogen) atoms. The molecule has 2 aromatic carbocycles. The van der Waals surface area contributed by atoms with E-state index in [-0.39, 0.29) is 11.9 Å². The van der Waals surface area contributed by atoms with Gasteiger partial charge in [-0.1, -0.05) is 36.7 Å². The molecular weight excluding hydrogens is 305 g/mol. The Morgan fingerprint density at radius 2 is 2.05 bits per heavy atom. The highest BCUT2D eigenvalue weighted by Crippen LogP contribution is 2.27. The molecule has 1 atom stereocenters. The van der Waals surface area contributed by atoms with E-state index in [2.05, 4.69) is 18.3 Å². The predicted molar refractivity (Wildman–Crippen MR) is 89.7 cm³/mol. The van der Waals surface area contributed by atoms with Crippen LogP contribution in [-0.2, 0) is 0 Å². The highest BCUT2D eigenvalue weighted by atomic mass is 35.5. The van der Waals surface area contributed by atoms with Gasteiger partial charge in [0.2, 0.25) is 0 Å². The Morgan fingerprint density at radius 3 is 2.71 bits per heavy atom. The van der Waals surface area contributed by atoms with Gasteiger partial charge in [-0.25, -0.2) is 4.39 Å². The average molecular weight is 324 g/mol. The molecule has 0 radical (unpaired) electrons. The van der Waals surface area contributed by atoms with Crippen molar-refractivity contribution in [3.8, 4) is 0 Å². The van der Waals surface area contributed by atoms with Crippen molar-refractivity contribution in [2.24, 2.45) is 0 Å². The molecule has 0 aliphatic carbocycles. The normalized spacial score (nSPS) is 12.4. The Kier molecular flexibility index (Phi) is 6.09. The standard InChI is InChI=1S/C17H19ClFNS/c1-3-20-17(13-8-7-12(2)16(18)9-13)11-21-15-6-4-5-14(19)10-15/h4-10,17,20H,3,11H2,1-2H3. The third-order valence-corrected chi connectivity index (χ3v) is 4.76. The molecule has 0 heterocycles. The van der Waals surface area contributed by atoms with Crippen LogP contribution in [0.2, 0.25) is 5.02 Å². The summed E-state index contributed by atoms with van der Waals surface area (Å²) in [5.41, 5.74) is 2.24. The summed E-state index contributed by atoms with van der Waals surface area (Å²) in [6.45, 7) is 4.95. The highest BCUT2D eigenvalue weighted by molar-refractivity contribution is 7.99. The van der Waals surface area contributed by atoms with E-state index in [1.54, 1.807) is 23.9 Å². The van der Waals surface area contributed by atoms with E-state index < -0.39 is 0 Å². The van der Waals surface area contributed by atoms with Crippen molar-refractivity contribution in [2.45, 2.75) is 24.8 Å². The zero-order chi connectivity index (χ0) is 15.2. The quantitative estimate of drug-likeness (QED) is 0.730. The lowest BCUT2D eigenvalue weighted by molar-refractivity contribution is 0.605. The van der Waals surface area contributed by atoms with Crippen LogP contribution in [0.5, 0.6) is 0 Å². The summed E-state index contributed by atoms with van der Waals surface area (Å²) in [6.07, 6.45) is 0. The number of thioether (sulfide) groups is 1. The molecule has 0 aliphatic rings. The zero-order valence-corrected chi connectivity index (χ0v) is 13.8. The SMILES string of the molecule is CCNC(CSc1cccc(F)c1)c1ccc(C)c(Cl)c1. The second-order valence-corrected chi connectivity index (χ2v) is 6.39. The third-order valence-electron chi connectivity index (χ3n) is 3.26. The topological polar surface area (TPSA) is 12.0 Å². The lowest BCUT2D eigenvalue weighted by Crippen LogP contribution is -2.23. The first kappa shape index (κ1) is 16.3. The molecule has 1 nitrogen and oxygen atoms in total. The molecule has 0 saturated carbocycles. The minimum absolute atomic E-state index is 0.196. The Balaban J connectivity index is 2.09. The number of nitrogens with one attached hydrogen (secondary N) is 1. The van der Waals surface area contributed by atoms with Crippen molar-refractivity contribution in [1.82, 2.24) is 5.32 Å². The minimum atomic E-state index is -0.196. The van der Waals surface area contributed by atoms with E-state index in [9.17, 15) is 4.39 Å². The van der Waals surface area contributed by atoms with E-state index in [1.807, 2.05) is 25.1 Å². The maximum Gasteiger partial charge on any atom is 0.124 e. The Morgan fingerprint density at radius 1 is 1.24 bits per heavy atom. The number of hydrogen-bond acceptors (Lipinski definition) is 2. The molecule has 112 valence electrons. The van der Waals surface area contributed by atoms with Gasteiger partial charge in [-0.2, -0.15) is 0 Å². The second-order valence-electron chi connectivity index (χ2n) is 4.89. The van der Waals surface area contributed by atoms with Crippen LogP contribution in [0.1, 0.15) is 24.1 Å². The van der Waals surface area contributed by atoms with Gasteiger partial charge in [0.25, 0.3) is 0 Å². The molecule has 0 aliphatic heterocycles. The van der Waals surface area contributed by atoms with Gasteiger partial charge < -0.3 is 5.32 Å². The Hall–Kier alpha value is -1.03. The monoisotopic (exact) mass is 323 g/mol. The van der Waals surface area contributed by atoms with Crippen molar-refractivity contribution in [1.29, 1.82) is 0 Å². The maximum atomic E-state index is 13.2. The van der Waals surface area contributed by atoms with Crippen molar-refractivity contribution in [3.05, 3.63) is 64.4 Å². The number of halogens is 2. The molecule has 0 bridgehead atoms. The number of benzene rings is 2. The summed E-state index contributed by atoms with van der Waals surface area (Å²) >= 11 is 7.85. The van der Waals surface area contributed by atoms with E-state index in [0.29, 0.717) is 0 Å². The Labute approximate surface area is 134 Å². The van der Waals surface area contributed by atoms with Crippen LogP contribution >= 0.6 is 23.4 Å². The molecule has 0 spiro atoms. The van der Waals surface area contributed by atoms with Crippen molar-refractivity contribution in [2.75, 3.05) is 12.3 Å². The van der Waals surface area contributed by atoms with Crippen LogP contribution in [0.25, 0.3) is 0 Å². The Bertz CT molecular complexity index is 603. The number of aryl methyl sites for hydroxylation is 1. The number of rotatable bonds is 6. The van der Waals surface area contributed by atoms with Crippen molar-refractivity contribution < 1.29 is 4.39 Å². The fourth-order valence-corrected chi connectivity index (χ4v) is 3.31. The summed E-state index contributed by atoms with van der Waals surface area (Å²) < 4.78 is 13.2. The average Bonchev–Trinajstić information content (AvgIpc) is 2.46. The molecule has 0 fully saturated rings. The molecular formula is C17H19ClFNS. The zero-order valence-electron chi connectivity index (χ0n) is 12.2. The van der Waals surface area contributed by atoms with Gasteiger partial charge in [0.1, 0.15) is 5.82 Å². The van der Waals surface area contributed by atoms with Crippen LogP contribution in [0.3, 0.4) is 0 Å². The molecule has 2 rings (SSSR count). The van der Waals surface area contributed by atoms with Gasteiger partial charge in [0.05, 0.1) is 0 Å². The fourth-order valence-electron chi connectivity index (χ4n) is 2.08. The highest BCUT2D eigenvalue weighted by Gasteiger charge is 2.12. The van der Waals surface area contributed by atoms with E-state index >= 15 is 0 Å². The van der Waals surface area contributed by atoms with Crippen LogP contribution in [0.15, 0.2) is 47.4 Å². The first-order chi connectivity index (χ1) is 10.1. The van der Waals surface area contributed by atoms with Gasteiger partial charge >= 0.3 is 0 Å². The lowest BCUT2D eigenvalue weighted by Gasteiger charge is -2.19. The van der Waals surface area contributed by atoms with Gasteiger partial charge in [-0.15, -0.1) is 11.8 Å². The van der Waals surface area contributed by atoms with Crippen LogP contribution in [0, 0.1) is 12.7 Å². The van der Waals surface area contributed by atoms with Gasteiger partial charge in [-0.05, 0) is 48.9 Å². The lowest BCUT2D eigenvalue weighted by atomic mass is 10.1. The van der Waals surface area contributed by atoms with Crippen LogP contribution < -0.4 is 5.32 Å². The second kappa shape index (κ2) is 7.83. The summed E-state index contributed by atoms with van der Waals surface area (Å²) in [5.74, 6) is 0.634. The maximum absolute atomic E-state index is 13.2. The third kappa shape index (κ3) is 4.73. The predicted octanol–water partition coefficient (Wildman–Crippen LogP) is 5.23. The van der Waals surface area contributed by atoms with E-state index in [0.717, 1.165) is 33.3 Å². The van der Waals surface area contributed by atoms with Gasteiger partial charge in [-0.3, -0.25) is 0 Å². The largest absolute Gasteiger partial charge is 0.309 e. The first-order valence-corrected chi connectivity index (χ1v) is 8.34. The smallest absolute Gasteiger partial charge is 0.124 e. The van der Waals surface area contributed by atoms with Gasteiger partial charge in [0.15, 0.2) is 0 Å². The summed E-state index contributed by atoms with van der Waals surface area (Å²) in [4.78, 5) is 0.941. The van der Waals surface area contributed by atoms with Crippen molar-refractivity contribution in [3.63, 3.8) is 0 Å². The molecule has 1 N–H and O–H groups in total. The van der Waals surface area contributed by atoms with Crippen LogP contribution in [-0.4, -0.2) is 12.3 Å². The van der Waals surface area contributed by atoms with E-state index in [1.165, 1.54) is 6.07 Å². The molecule has 2 aromatic rings. The summed E-state index contributed by atoms with van der Waals surface area (Å²) in [7, 11) is 0. The number of hydrogen-bond donors (Lipinski definition) is 1. The van der Waals surface area contributed by atoms with Gasteiger partial charge in [0, 0.05) is 21.7 Å². The minimum Gasteiger partial charge on any atom is -0.309 e. The molecule has 1 unspecified atom stereocenters. The van der Waals surface area contributed by atoms with E-state index in [4.69, 9.17) is 11.6 Å². The molecule has 0 saturated heterocycles. The molecule has 0 aromatic heterocycles.